The molecule has 1 aromatic heterocycles. The molecule has 84 valence electrons. The van der Waals surface area contributed by atoms with Gasteiger partial charge in [0.2, 0.25) is 0 Å². The van der Waals surface area contributed by atoms with Crippen LogP contribution in [0.2, 0.25) is 0 Å². The monoisotopic (exact) mass is 208 g/mol. The quantitative estimate of drug-likeness (QED) is 0.825. The summed E-state index contributed by atoms with van der Waals surface area (Å²) in [6.07, 6.45) is 11.1. The lowest BCUT2D eigenvalue weighted by atomic mass is 9.81. The van der Waals surface area contributed by atoms with Crippen molar-refractivity contribution in [1.29, 1.82) is 0 Å². The van der Waals surface area contributed by atoms with Gasteiger partial charge in [-0.05, 0) is 19.3 Å². The van der Waals surface area contributed by atoms with E-state index in [2.05, 4.69) is 4.98 Å². The summed E-state index contributed by atoms with van der Waals surface area (Å²) in [5, 5.41) is 10.3. The molecule has 0 atom stereocenters. The van der Waals surface area contributed by atoms with E-state index in [1.165, 1.54) is 19.3 Å². The Morgan fingerprint density at radius 1 is 1.40 bits per heavy atom. The third kappa shape index (κ3) is 2.59. The second kappa shape index (κ2) is 4.35. The van der Waals surface area contributed by atoms with E-state index in [-0.39, 0.29) is 0 Å². The molecule has 1 N–H and O–H groups in total. The molecule has 1 aliphatic carbocycles. The van der Waals surface area contributed by atoms with Crippen molar-refractivity contribution >= 4 is 0 Å². The van der Waals surface area contributed by atoms with Crippen LogP contribution in [0, 0.1) is 0 Å². The van der Waals surface area contributed by atoms with Crippen LogP contribution in [-0.4, -0.2) is 20.3 Å². The van der Waals surface area contributed by atoms with E-state index in [9.17, 15) is 5.11 Å². The lowest BCUT2D eigenvalue weighted by Crippen LogP contribution is -2.32. The molecule has 0 radical (unpaired) electrons. The molecular formula is C12H20N2O. The second-order valence-electron chi connectivity index (χ2n) is 4.74. The molecule has 1 saturated carbocycles. The Balaban J connectivity index is 1.89. The lowest BCUT2D eigenvalue weighted by molar-refractivity contribution is -0.00394. The Morgan fingerprint density at radius 3 is 2.73 bits per heavy atom. The summed E-state index contributed by atoms with van der Waals surface area (Å²) in [5.41, 5.74) is -0.412. The molecule has 0 saturated heterocycles. The van der Waals surface area contributed by atoms with Crippen molar-refractivity contribution in [1.82, 2.24) is 9.55 Å². The van der Waals surface area contributed by atoms with Gasteiger partial charge in [-0.3, -0.25) is 0 Å². The third-order valence-electron chi connectivity index (χ3n) is 3.52. The fourth-order valence-corrected chi connectivity index (χ4v) is 2.44. The molecule has 3 heteroatoms. The second-order valence-corrected chi connectivity index (χ2v) is 4.74. The molecule has 1 aliphatic rings. The average Bonchev–Trinajstić information content (AvgIpc) is 2.62. The minimum Gasteiger partial charge on any atom is -0.390 e. The van der Waals surface area contributed by atoms with Gasteiger partial charge in [0.1, 0.15) is 5.82 Å². The van der Waals surface area contributed by atoms with Gasteiger partial charge in [-0.25, -0.2) is 4.98 Å². The van der Waals surface area contributed by atoms with E-state index in [4.69, 9.17) is 0 Å². The van der Waals surface area contributed by atoms with E-state index < -0.39 is 5.60 Å². The molecule has 3 nitrogen and oxygen atoms in total. The largest absolute Gasteiger partial charge is 0.390 e. The average molecular weight is 208 g/mol. The fraction of sp³-hybridized carbons (Fsp3) is 0.750. The third-order valence-corrected chi connectivity index (χ3v) is 3.52. The normalized spacial score (nSPS) is 20.4. The molecule has 0 amide bonds. The molecule has 1 fully saturated rings. The van der Waals surface area contributed by atoms with Gasteiger partial charge in [0.25, 0.3) is 0 Å². The molecular weight excluding hydrogens is 188 g/mol. The zero-order chi connectivity index (χ0) is 10.7. The summed E-state index contributed by atoms with van der Waals surface area (Å²) in [6, 6.07) is 0. The van der Waals surface area contributed by atoms with Gasteiger partial charge in [0, 0.05) is 25.9 Å². The zero-order valence-corrected chi connectivity index (χ0v) is 9.45. The Hall–Kier alpha value is -0.830. The summed E-state index contributed by atoms with van der Waals surface area (Å²) >= 11 is 0. The van der Waals surface area contributed by atoms with Gasteiger partial charge in [-0.1, -0.05) is 19.3 Å². The number of imidazole rings is 1. The zero-order valence-electron chi connectivity index (χ0n) is 9.45. The van der Waals surface area contributed by atoms with Crippen molar-refractivity contribution in [2.75, 3.05) is 0 Å². The van der Waals surface area contributed by atoms with E-state index in [0.717, 1.165) is 31.5 Å². The van der Waals surface area contributed by atoms with Gasteiger partial charge < -0.3 is 9.67 Å². The first-order chi connectivity index (χ1) is 7.20. The molecule has 0 spiro atoms. The van der Waals surface area contributed by atoms with Crippen molar-refractivity contribution in [2.45, 2.75) is 50.5 Å². The van der Waals surface area contributed by atoms with E-state index in [0.29, 0.717) is 0 Å². The van der Waals surface area contributed by atoms with Crippen LogP contribution >= 0.6 is 0 Å². The molecule has 0 aromatic carbocycles. The summed E-state index contributed by atoms with van der Waals surface area (Å²) in [6.45, 7) is 0. The summed E-state index contributed by atoms with van der Waals surface area (Å²) < 4.78 is 2.03. The van der Waals surface area contributed by atoms with Gasteiger partial charge in [0.05, 0.1) is 5.60 Å². The number of hydrogen-bond donors (Lipinski definition) is 1. The Kier molecular flexibility index (Phi) is 3.10. The molecule has 1 heterocycles. The minimum absolute atomic E-state index is 0.412. The van der Waals surface area contributed by atoms with Crippen LogP contribution in [0.5, 0.6) is 0 Å². The van der Waals surface area contributed by atoms with E-state index in [1.807, 2.05) is 24.0 Å². The lowest BCUT2D eigenvalue weighted by Gasteiger charge is -2.31. The predicted molar refractivity (Wildman–Crippen MR) is 59.6 cm³/mol. The first kappa shape index (κ1) is 10.7. The van der Waals surface area contributed by atoms with Gasteiger partial charge in [0.15, 0.2) is 0 Å². The van der Waals surface area contributed by atoms with E-state index >= 15 is 0 Å². The minimum atomic E-state index is -0.412. The van der Waals surface area contributed by atoms with Crippen molar-refractivity contribution < 1.29 is 5.11 Å². The van der Waals surface area contributed by atoms with Crippen LogP contribution in [0.25, 0.3) is 0 Å². The fourth-order valence-electron chi connectivity index (χ4n) is 2.44. The molecule has 2 rings (SSSR count). The SMILES string of the molecule is Cn1ccnc1CCC1(O)CCCCC1. The highest BCUT2D eigenvalue weighted by atomic mass is 16.3. The van der Waals surface area contributed by atoms with Crippen LogP contribution < -0.4 is 0 Å². The highest BCUT2D eigenvalue weighted by molar-refractivity contribution is 4.94. The molecule has 0 aliphatic heterocycles. The highest BCUT2D eigenvalue weighted by Crippen LogP contribution is 2.31. The van der Waals surface area contributed by atoms with Gasteiger partial charge >= 0.3 is 0 Å². The summed E-state index contributed by atoms with van der Waals surface area (Å²) in [4.78, 5) is 4.28. The summed E-state index contributed by atoms with van der Waals surface area (Å²) in [5.74, 6) is 1.08. The van der Waals surface area contributed by atoms with Crippen LogP contribution in [0.1, 0.15) is 44.3 Å². The number of nitrogens with zero attached hydrogens (tertiary/aromatic N) is 2. The maximum Gasteiger partial charge on any atom is 0.108 e. The van der Waals surface area contributed by atoms with Crippen molar-refractivity contribution in [3.8, 4) is 0 Å². The first-order valence-corrected chi connectivity index (χ1v) is 5.88. The first-order valence-electron chi connectivity index (χ1n) is 5.88. The molecule has 15 heavy (non-hydrogen) atoms. The van der Waals surface area contributed by atoms with Crippen molar-refractivity contribution in [2.24, 2.45) is 7.05 Å². The van der Waals surface area contributed by atoms with Crippen molar-refractivity contribution in [3.63, 3.8) is 0 Å². The number of aromatic nitrogens is 2. The van der Waals surface area contributed by atoms with Crippen LogP contribution in [0.15, 0.2) is 12.4 Å². The topological polar surface area (TPSA) is 38.0 Å². The molecule has 0 unspecified atom stereocenters. The van der Waals surface area contributed by atoms with Gasteiger partial charge in [-0.2, -0.15) is 0 Å². The Morgan fingerprint density at radius 2 is 2.13 bits per heavy atom. The maximum atomic E-state index is 10.3. The predicted octanol–water partition coefficient (Wildman–Crippen LogP) is 2.05. The van der Waals surface area contributed by atoms with Crippen molar-refractivity contribution in [3.05, 3.63) is 18.2 Å². The Labute approximate surface area is 91.1 Å². The molecule has 0 bridgehead atoms. The maximum absolute atomic E-state index is 10.3. The van der Waals surface area contributed by atoms with Crippen LogP contribution in [0.3, 0.4) is 0 Å². The number of hydrogen-bond acceptors (Lipinski definition) is 2. The summed E-state index contributed by atoms with van der Waals surface area (Å²) in [7, 11) is 2.01. The number of aryl methyl sites for hydroxylation is 2. The number of aliphatic hydroxyl groups is 1. The number of rotatable bonds is 3. The van der Waals surface area contributed by atoms with Gasteiger partial charge in [-0.15, -0.1) is 0 Å². The van der Waals surface area contributed by atoms with E-state index in [1.54, 1.807) is 0 Å². The molecule has 1 aromatic rings. The Bertz CT molecular complexity index is 313. The van der Waals surface area contributed by atoms with Crippen LogP contribution in [0.4, 0.5) is 0 Å². The highest BCUT2D eigenvalue weighted by Gasteiger charge is 2.28. The smallest absolute Gasteiger partial charge is 0.108 e. The van der Waals surface area contributed by atoms with Crippen LogP contribution in [-0.2, 0) is 13.5 Å². The standard InChI is InChI=1S/C12H20N2O/c1-14-10-9-13-11(14)5-8-12(15)6-3-2-4-7-12/h9-10,15H,2-8H2,1H3.